The van der Waals surface area contributed by atoms with Crippen LogP contribution in [0.2, 0.25) is 5.02 Å². The number of nitrogens with zero attached hydrogens (tertiary/aromatic N) is 3. The van der Waals surface area contributed by atoms with Crippen LogP contribution in [0.25, 0.3) is 11.0 Å². The van der Waals surface area contributed by atoms with Gasteiger partial charge in [-0.25, -0.2) is 14.8 Å². The van der Waals surface area contributed by atoms with Gasteiger partial charge in [0.05, 0.1) is 6.10 Å². The van der Waals surface area contributed by atoms with E-state index in [1.54, 1.807) is 16.7 Å². The maximum absolute atomic E-state index is 12.6. The lowest BCUT2D eigenvalue weighted by Gasteiger charge is -2.14. The highest BCUT2D eigenvalue weighted by atomic mass is 35.5. The zero-order valence-electron chi connectivity index (χ0n) is 15.5. The predicted molar refractivity (Wildman–Crippen MR) is 112 cm³/mol. The molecular weight excluding hydrogens is 412 g/mol. The lowest BCUT2D eigenvalue weighted by Crippen LogP contribution is -2.31. The minimum Gasteiger partial charge on any atom is -0.387 e. The topological polar surface area (TPSA) is 101 Å². The highest BCUT2D eigenvalue weighted by Gasteiger charge is 2.32. The molecule has 0 bridgehead atoms. The first-order valence-electron chi connectivity index (χ1n) is 9.64. The maximum atomic E-state index is 12.6. The first kappa shape index (κ1) is 18.8. The van der Waals surface area contributed by atoms with Crippen molar-refractivity contribution in [3.05, 3.63) is 61.5 Å². The van der Waals surface area contributed by atoms with Crippen LogP contribution >= 0.6 is 23.4 Å². The molecule has 150 valence electrons. The first-order valence-corrected chi connectivity index (χ1v) is 11.0. The van der Waals surface area contributed by atoms with Gasteiger partial charge in [0.15, 0.2) is 5.65 Å². The maximum Gasteiger partial charge on any atom is 0.330 e. The number of aromatic amines is 1. The summed E-state index contributed by atoms with van der Waals surface area (Å²) in [5.41, 5.74) is 0.135. The van der Waals surface area contributed by atoms with Gasteiger partial charge in [-0.3, -0.25) is 14.3 Å². The number of hydrogen-bond donors (Lipinski definition) is 2. The van der Waals surface area contributed by atoms with Crippen LogP contribution in [-0.4, -0.2) is 30.4 Å². The quantitative estimate of drug-likeness (QED) is 0.460. The van der Waals surface area contributed by atoms with E-state index in [-0.39, 0.29) is 17.7 Å². The molecule has 1 aromatic carbocycles. The highest BCUT2D eigenvalue weighted by molar-refractivity contribution is 7.99. The molecule has 2 aromatic heterocycles. The average molecular weight is 431 g/mol. The highest BCUT2D eigenvalue weighted by Crippen LogP contribution is 2.41. The zero-order chi connectivity index (χ0) is 20.1. The summed E-state index contributed by atoms with van der Waals surface area (Å²) < 4.78 is 1.60. The normalized spacial score (nSPS) is 17.6. The Labute approximate surface area is 175 Å². The molecule has 7 nitrogen and oxygen atoms in total. The van der Waals surface area contributed by atoms with Crippen molar-refractivity contribution < 1.29 is 5.11 Å². The summed E-state index contributed by atoms with van der Waals surface area (Å²) in [7, 11) is 0. The van der Waals surface area contributed by atoms with Gasteiger partial charge in [-0.05, 0) is 37.3 Å². The van der Waals surface area contributed by atoms with Gasteiger partial charge in [0.25, 0.3) is 5.56 Å². The van der Waals surface area contributed by atoms with E-state index >= 15 is 0 Å². The molecule has 0 spiro atoms. The molecule has 2 saturated carbocycles. The van der Waals surface area contributed by atoms with E-state index in [9.17, 15) is 14.7 Å². The molecule has 2 N–H and O–H groups in total. The fourth-order valence-electron chi connectivity index (χ4n) is 3.43. The van der Waals surface area contributed by atoms with Crippen LogP contribution in [0.1, 0.15) is 55.1 Å². The molecule has 1 unspecified atom stereocenters. The number of hydrogen-bond acceptors (Lipinski definition) is 6. The fraction of sp³-hybridized carbons (Fsp3) is 0.400. The summed E-state index contributed by atoms with van der Waals surface area (Å²) in [6.07, 6.45) is 3.01. The van der Waals surface area contributed by atoms with Gasteiger partial charge >= 0.3 is 5.69 Å². The Morgan fingerprint density at radius 1 is 1.21 bits per heavy atom. The summed E-state index contributed by atoms with van der Waals surface area (Å²) in [6, 6.07) is 7.21. The third-order valence-electron chi connectivity index (χ3n) is 5.27. The molecule has 0 aliphatic heterocycles. The lowest BCUT2D eigenvalue weighted by molar-refractivity contribution is 0.204. The minimum atomic E-state index is -0.809. The van der Waals surface area contributed by atoms with Gasteiger partial charge in [-0.15, -0.1) is 11.8 Å². The van der Waals surface area contributed by atoms with Crippen molar-refractivity contribution in [1.29, 1.82) is 0 Å². The zero-order valence-corrected chi connectivity index (χ0v) is 17.0. The lowest BCUT2D eigenvalue weighted by atomic mass is 10.1. The van der Waals surface area contributed by atoms with Crippen molar-refractivity contribution in [3.8, 4) is 0 Å². The Kier molecular flexibility index (Phi) is 4.72. The predicted octanol–water partition coefficient (Wildman–Crippen LogP) is 3.17. The molecule has 5 rings (SSSR count). The van der Waals surface area contributed by atoms with E-state index in [2.05, 4.69) is 15.0 Å². The van der Waals surface area contributed by atoms with Crippen LogP contribution in [0.4, 0.5) is 0 Å². The van der Waals surface area contributed by atoms with Crippen LogP contribution in [0, 0.1) is 0 Å². The molecular formula is C20H19ClN4O3S. The number of thioether (sulfide) groups is 1. The van der Waals surface area contributed by atoms with E-state index in [1.807, 2.05) is 12.1 Å². The third kappa shape index (κ3) is 3.60. The van der Waals surface area contributed by atoms with Crippen molar-refractivity contribution >= 4 is 34.4 Å². The Morgan fingerprint density at radius 2 is 1.97 bits per heavy atom. The van der Waals surface area contributed by atoms with Crippen LogP contribution in [0.15, 0.2) is 38.9 Å². The van der Waals surface area contributed by atoms with E-state index < -0.39 is 17.4 Å². The Morgan fingerprint density at radius 3 is 2.66 bits per heavy atom. The number of halogens is 1. The second kappa shape index (κ2) is 7.27. The molecule has 2 heterocycles. The summed E-state index contributed by atoms with van der Waals surface area (Å²) in [5, 5.41) is 11.9. The van der Waals surface area contributed by atoms with Crippen LogP contribution in [-0.2, 0) is 0 Å². The fourth-order valence-corrected chi connectivity index (χ4v) is 4.67. The molecule has 1 atom stereocenters. The number of aromatic nitrogens is 4. The molecule has 2 fully saturated rings. The van der Waals surface area contributed by atoms with E-state index in [1.165, 1.54) is 11.8 Å². The molecule has 3 aromatic rings. The number of benzene rings is 1. The first-order chi connectivity index (χ1) is 14.0. The smallest absolute Gasteiger partial charge is 0.330 e. The van der Waals surface area contributed by atoms with E-state index in [0.29, 0.717) is 32.5 Å². The number of fused-ring (bicyclic) bond motifs is 1. The summed E-state index contributed by atoms with van der Waals surface area (Å²) >= 11 is 7.47. The Balaban J connectivity index is 1.57. The summed E-state index contributed by atoms with van der Waals surface area (Å²) in [4.78, 5) is 36.7. The van der Waals surface area contributed by atoms with Crippen molar-refractivity contribution in [3.63, 3.8) is 0 Å². The van der Waals surface area contributed by atoms with E-state index in [0.717, 1.165) is 25.7 Å². The van der Waals surface area contributed by atoms with Gasteiger partial charge in [0.1, 0.15) is 16.2 Å². The third-order valence-corrected chi connectivity index (χ3v) is 6.66. The molecule has 0 amide bonds. The SMILES string of the molecule is O=c1[nH]c(=O)n(C2CC2)c2nc(C3CC3)nc(SCC(O)c3ccccc3Cl)c12. The largest absolute Gasteiger partial charge is 0.387 e. The van der Waals surface area contributed by atoms with Crippen molar-refractivity contribution in [2.24, 2.45) is 0 Å². The van der Waals surface area contributed by atoms with Crippen LogP contribution in [0.3, 0.4) is 0 Å². The molecule has 2 aliphatic rings. The monoisotopic (exact) mass is 430 g/mol. The summed E-state index contributed by atoms with van der Waals surface area (Å²) in [5.74, 6) is 1.23. The number of H-pyrrole nitrogens is 1. The molecule has 9 heteroatoms. The van der Waals surface area contributed by atoms with Crippen molar-refractivity contribution in [2.75, 3.05) is 5.75 Å². The standard InChI is InChI=1S/C20H19ClN4O3S/c21-13-4-2-1-3-12(13)14(26)9-29-19-15-17(22-16(23-19)10-5-6-10)25(11-7-8-11)20(28)24-18(15)27/h1-4,10-11,14,26H,5-9H2,(H,24,27,28). The number of nitrogens with one attached hydrogen (secondary N) is 1. The van der Waals surface area contributed by atoms with Gasteiger partial charge in [-0.2, -0.15) is 0 Å². The molecule has 0 saturated heterocycles. The number of aliphatic hydroxyl groups is 1. The minimum absolute atomic E-state index is 0.0790. The molecule has 29 heavy (non-hydrogen) atoms. The summed E-state index contributed by atoms with van der Waals surface area (Å²) in [6.45, 7) is 0. The van der Waals surface area contributed by atoms with Crippen molar-refractivity contribution in [2.45, 2.75) is 48.8 Å². The van der Waals surface area contributed by atoms with Crippen molar-refractivity contribution in [1.82, 2.24) is 19.5 Å². The molecule has 0 radical (unpaired) electrons. The Bertz CT molecular complexity index is 1220. The average Bonchev–Trinajstić information content (AvgIpc) is 3.59. The van der Waals surface area contributed by atoms with Gasteiger partial charge in [0.2, 0.25) is 0 Å². The van der Waals surface area contributed by atoms with Gasteiger partial charge < -0.3 is 5.11 Å². The Hall–Kier alpha value is -2.16. The number of rotatable bonds is 6. The van der Waals surface area contributed by atoms with Gasteiger partial charge in [-0.1, -0.05) is 29.8 Å². The number of aliphatic hydroxyl groups excluding tert-OH is 1. The van der Waals surface area contributed by atoms with Crippen LogP contribution < -0.4 is 11.2 Å². The van der Waals surface area contributed by atoms with Crippen LogP contribution in [0.5, 0.6) is 0 Å². The molecule has 2 aliphatic carbocycles. The van der Waals surface area contributed by atoms with Gasteiger partial charge in [0, 0.05) is 22.7 Å². The second-order valence-corrected chi connectivity index (χ2v) is 8.98. The van der Waals surface area contributed by atoms with E-state index in [4.69, 9.17) is 11.6 Å². The second-order valence-electron chi connectivity index (χ2n) is 7.57.